The van der Waals surface area contributed by atoms with E-state index in [9.17, 15) is 4.79 Å². The van der Waals surface area contributed by atoms with E-state index in [1.54, 1.807) is 12.1 Å². The van der Waals surface area contributed by atoms with Crippen molar-refractivity contribution >= 4 is 16.9 Å². The second kappa shape index (κ2) is 7.11. The molecule has 7 nitrogen and oxygen atoms in total. The number of fused-ring (bicyclic) bond motifs is 1. The smallest absolute Gasteiger partial charge is 0.373 e. The van der Waals surface area contributed by atoms with E-state index in [2.05, 4.69) is 17.1 Å². The molecule has 4 rings (SSSR count). The summed E-state index contributed by atoms with van der Waals surface area (Å²) in [6.07, 6.45) is 1.68. The molecule has 0 aliphatic rings. The number of benzene rings is 1. The summed E-state index contributed by atoms with van der Waals surface area (Å²) in [4.78, 5) is 11.6. The lowest BCUT2D eigenvalue weighted by Gasteiger charge is -2.06. The highest BCUT2D eigenvalue weighted by Crippen LogP contribution is 2.29. The number of methoxy groups -OCH3 is 1. The van der Waals surface area contributed by atoms with Crippen LogP contribution in [-0.4, -0.2) is 27.8 Å². The molecule has 0 saturated carbocycles. The third kappa shape index (κ3) is 3.23. The molecule has 0 aliphatic carbocycles. The Morgan fingerprint density at radius 3 is 2.81 bits per heavy atom. The summed E-state index contributed by atoms with van der Waals surface area (Å²) in [5.74, 6) is 1.39. The minimum atomic E-state index is -0.500. The first kappa shape index (κ1) is 17.1. The predicted octanol–water partition coefficient (Wildman–Crippen LogP) is 4.07. The van der Waals surface area contributed by atoms with Crippen LogP contribution < -0.4 is 0 Å². The Labute approximate surface area is 155 Å². The molecule has 0 fully saturated rings. The zero-order valence-corrected chi connectivity index (χ0v) is 15.1. The van der Waals surface area contributed by atoms with Crippen molar-refractivity contribution < 1.29 is 18.4 Å². The van der Waals surface area contributed by atoms with E-state index in [0.29, 0.717) is 24.1 Å². The van der Waals surface area contributed by atoms with Gasteiger partial charge in [0.2, 0.25) is 11.7 Å². The topological polar surface area (TPSA) is 83.3 Å². The molecule has 3 heterocycles. The maximum Gasteiger partial charge on any atom is 0.373 e. The highest BCUT2D eigenvalue weighted by molar-refractivity contribution is 5.86. The first-order valence-electron chi connectivity index (χ1n) is 8.77. The van der Waals surface area contributed by atoms with Gasteiger partial charge in [-0.25, -0.2) is 4.79 Å². The van der Waals surface area contributed by atoms with Gasteiger partial charge >= 0.3 is 5.97 Å². The largest absolute Gasteiger partial charge is 0.463 e. The van der Waals surface area contributed by atoms with E-state index in [1.807, 2.05) is 34.9 Å². The lowest BCUT2D eigenvalue weighted by molar-refractivity contribution is 0.0563. The summed E-state index contributed by atoms with van der Waals surface area (Å²) >= 11 is 0. The zero-order chi connectivity index (χ0) is 18.8. The van der Waals surface area contributed by atoms with E-state index in [-0.39, 0.29) is 5.76 Å². The van der Waals surface area contributed by atoms with E-state index >= 15 is 0 Å². The fraction of sp³-hybridized carbons (Fsp3) is 0.250. The molecule has 0 spiro atoms. The summed E-state index contributed by atoms with van der Waals surface area (Å²) in [5.41, 5.74) is 1.82. The highest BCUT2D eigenvalue weighted by atomic mass is 16.5. The van der Waals surface area contributed by atoms with Crippen LogP contribution in [0.3, 0.4) is 0 Å². The van der Waals surface area contributed by atoms with Crippen LogP contribution in [0.1, 0.15) is 35.6 Å². The molecule has 0 bridgehead atoms. The molecule has 1 aromatic carbocycles. The number of rotatable bonds is 6. The van der Waals surface area contributed by atoms with Crippen LogP contribution in [0.2, 0.25) is 0 Å². The molecule has 0 atom stereocenters. The Kier molecular flexibility index (Phi) is 4.50. The standard InChI is InChI=1S/C20H19N3O4/c1-3-6-18-21-22-19(27-18)16-11-13-7-4-5-8-15(13)23(16)12-14-9-10-17(26-14)20(24)25-2/h4-5,7-11H,3,6,12H2,1-2H3. The SMILES string of the molecule is CCCc1nnc(-c2cc3ccccc3n2Cc2ccc(C(=O)OC)o2)o1. The number of carbonyl (C=O) groups excluding carboxylic acids is 1. The number of hydrogen-bond acceptors (Lipinski definition) is 6. The number of aryl methyl sites for hydroxylation is 1. The van der Waals surface area contributed by atoms with Crippen molar-refractivity contribution in [3.8, 4) is 11.6 Å². The Morgan fingerprint density at radius 1 is 1.15 bits per heavy atom. The van der Waals surface area contributed by atoms with Crippen molar-refractivity contribution in [2.45, 2.75) is 26.3 Å². The van der Waals surface area contributed by atoms with Crippen LogP contribution in [0.25, 0.3) is 22.5 Å². The number of nitrogens with zero attached hydrogens (tertiary/aromatic N) is 3. The second-order valence-electron chi connectivity index (χ2n) is 6.18. The number of para-hydroxylation sites is 1. The van der Waals surface area contributed by atoms with Gasteiger partial charge in [-0.2, -0.15) is 0 Å². The van der Waals surface area contributed by atoms with E-state index in [1.165, 1.54) is 7.11 Å². The van der Waals surface area contributed by atoms with Crippen molar-refractivity contribution in [2.24, 2.45) is 0 Å². The third-order valence-electron chi connectivity index (χ3n) is 4.32. The molecule has 138 valence electrons. The van der Waals surface area contributed by atoms with Gasteiger partial charge in [-0.1, -0.05) is 25.1 Å². The molecule has 0 saturated heterocycles. The minimum Gasteiger partial charge on any atom is -0.463 e. The van der Waals surface area contributed by atoms with Crippen molar-refractivity contribution in [3.63, 3.8) is 0 Å². The van der Waals surface area contributed by atoms with Gasteiger partial charge < -0.3 is 18.1 Å². The number of ether oxygens (including phenoxy) is 1. The van der Waals surface area contributed by atoms with E-state index in [0.717, 1.165) is 29.4 Å². The first-order chi connectivity index (χ1) is 13.2. The van der Waals surface area contributed by atoms with Crippen LogP contribution in [0.15, 0.2) is 51.3 Å². The second-order valence-corrected chi connectivity index (χ2v) is 6.18. The van der Waals surface area contributed by atoms with Crippen LogP contribution in [0.4, 0.5) is 0 Å². The van der Waals surface area contributed by atoms with E-state index in [4.69, 9.17) is 13.6 Å². The number of esters is 1. The predicted molar refractivity (Wildman–Crippen MR) is 98.4 cm³/mol. The Balaban J connectivity index is 1.76. The Hall–Kier alpha value is -3.35. The molecule has 0 N–H and O–H groups in total. The average molecular weight is 365 g/mol. The third-order valence-corrected chi connectivity index (χ3v) is 4.32. The van der Waals surface area contributed by atoms with E-state index < -0.39 is 5.97 Å². The molecule has 0 unspecified atom stereocenters. The van der Waals surface area contributed by atoms with Crippen molar-refractivity contribution in [1.82, 2.24) is 14.8 Å². The first-order valence-corrected chi connectivity index (χ1v) is 8.77. The maximum absolute atomic E-state index is 11.6. The van der Waals surface area contributed by atoms with Gasteiger partial charge in [-0.05, 0) is 30.7 Å². The quantitative estimate of drug-likeness (QED) is 0.479. The van der Waals surface area contributed by atoms with Crippen molar-refractivity contribution in [1.29, 1.82) is 0 Å². The maximum atomic E-state index is 11.6. The number of carbonyl (C=O) groups is 1. The van der Waals surface area contributed by atoms with Crippen molar-refractivity contribution in [3.05, 3.63) is 59.9 Å². The summed E-state index contributed by atoms with van der Waals surface area (Å²) < 4.78 is 18.2. The van der Waals surface area contributed by atoms with Gasteiger partial charge in [-0.15, -0.1) is 10.2 Å². The van der Waals surface area contributed by atoms with Crippen LogP contribution in [0, 0.1) is 0 Å². The lowest BCUT2D eigenvalue weighted by atomic mass is 10.2. The Bertz CT molecular complexity index is 1090. The summed E-state index contributed by atoms with van der Waals surface area (Å²) in [6.45, 7) is 2.49. The van der Waals surface area contributed by atoms with Gasteiger partial charge in [0, 0.05) is 17.3 Å². The van der Waals surface area contributed by atoms with Gasteiger partial charge in [0.1, 0.15) is 11.5 Å². The molecular weight excluding hydrogens is 346 g/mol. The molecule has 7 heteroatoms. The van der Waals surface area contributed by atoms with Gasteiger partial charge in [-0.3, -0.25) is 0 Å². The van der Waals surface area contributed by atoms with Crippen LogP contribution in [0.5, 0.6) is 0 Å². The molecule has 0 radical (unpaired) electrons. The van der Waals surface area contributed by atoms with Gasteiger partial charge in [0.05, 0.1) is 13.7 Å². The van der Waals surface area contributed by atoms with Crippen LogP contribution in [-0.2, 0) is 17.7 Å². The van der Waals surface area contributed by atoms with Crippen LogP contribution >= 0.6 is 0 Å². The normalized spacial score (nSPS) is 11.2. The molecular formula is C20H19N3O4. The summed E-state index contributed by atoms with van der Waals surface area (Å²) in [7, 11) is 1.32. The highest BCUT2D eigenvalue weighted by Gasteiger charge is 2.18. The molecule has 3 aromatic heterocycles. The molecule has 0 aliphatic heterocycles. The van der Waals surface area contributed by atoms with Gasteiger partial charge in [0.25, 0.3) is 5.89 Å². The molecule has 0 amide bonds. The molecule has 27 heavy (non-hydrogen) atoms. The average Bonchev–Trinajstić information content (AvgIpc) is 3.41. The molecule has 4 aromatic rings. The zero-order valence-electron chi connectivity index (χ0n) is 15.1. The lowest BCUT2D eigenvalue weighted by Crippen LogP contribution is -2.02. The number of furan rings is 1. The summed E-state index contributed by atoms with van der Waals surface area (Å²) in [5, 5.41) is 9.39. The fourth-order valence-corrected chi connectivity index (χ4v) is 3.06. The summed E-state index contributed by atoms with van der Waals surface area (Å²) in [6, 6.07) is 13.4. The fourth-order valence-electron chi connectivity index (χ4n) is 3.06. The number of hydrogen-bond donors (Lipinski definition) is 0. The number of aromatic nitrogens is 3. The Morgan fingerprint density at radius 2 is 2.00 bits per heavy atom. The minimum absolute atomic E-state index is 0.175. The monoisotopic (exact) mass is 365 g/mol. The van der Waals surface area contributed by atoms with Gasteiger partial charge in [0.15, 0.2) is 0 Å². The van der Waals surface area contributed by atoms with Crippen molar-refractivity contribution in [2.75, 3.05) is 7.11 Å².